The van der Waals surface area contributed by atoms with E-state index in [-0.39, 0.29) is 45.4 Å². The van der Waals surface area contributed by atoms with E-state index in [1.165, 1.54) is 19.3 Å². The summed E-state index contributed by atoms with van der Waals surface area (Å²) in [5.41, 5.74) is 2.56. The highest BCUT2D eigenvalue weighted by atomic mass is 32.2. The summed E-state index contributed by atoms with van der Waals surface area (Å²) in [5.74, 6) is 3.71. The predicted octanol–water partition coefficient (Wildman–Crippen LogP) is 8.87. The van der Waals surface area contributed by atoms with E-state index in [1.807, 2.05) is 26.0 Å². The van der Waals surface area contributed by atoms with Gasteiger partial charge in [-0.15, -0.1) is 0 Å². The van der Waals surface area contributed by atoms with Crippen molar-refractivity contribution in [2.75, 3.05) is 6.61 Å². The molecule has 1 saturated heterocycles. The fraction of sp³-hybridized carbons (Fsp3) is 0.707. The van der Waals surface area contributed by atoms with Crippen LogP contribution in [0.3, 0.4) is 0 Å². The van der Waals surface area contributed by atoms with E-state index < -0.39 is 20.2 Å². The van der Waals surface area contributed by atoms with Crippen LogP contribution < -0.4 is 0 Å². The van der Waals surface area contributed by atoms with Gasteiger partial charge in [0.15, 0.2) is 0 Å². The Balaban J connectivity index is 0.937. The molecule has 5 aliphatic rings. The molecule has 0 N–H and O–H groups in total. The quantitative estimate of drug-likeness (QED) is 0.226. The first-order valence-electron chi connectivity index (χ1n) is 19.2. The van der Waals surface area contributed by atoms with Gasteiger partial charge in [-0.1, -0.05) is 63.1 Å². The van der Waals surface area contributed by atoms with Gasteiger partial charge >= 0.3 is 0 Å². The molecule has 5 fully saturated rings. The Labute approximate surface area is 301 Å². The molecule has 0 spiro atoms. The smallest absolute Gasteiger partial charge is 0.297 e. The Morgan fingerprint density at radius 1 is 0.800 bits per heavy atom. The van der Waals surface area contributed by atoms with Crippen molar-refractivity contribution in [1.82, 2.24) is 0 Å². The van der Waals surface area contributed by atoms with Crippen LogP contribution in [0.1, 0.15) is 103 Å². The average Bonchev–Trinajstić information content (AvgIpc) is 3.55. The second-order valence-electron chi connectivity index (χ2n) is 17.5. The lowest BCUT2D eigenvalue weighted by Crippen LogP contribution is -2.54. The predicted molar refractivity (Wildman–Crippen MR) is 194 cm³/mol. The summed E-state index contributed by atoms with van der Waals surface area (Å²) in [6.07, 6.45) is 10.8. The first kappa shape index (κ1) is 36.6. The van der Waals surface area contributed by atoms with Crippen molar-refractivity contribution in [3.8, 4) is 0 Å². The largest absolute Gasteiger partial charge is 0.374 e. The van der Waals surface area contributed by atoms with Gasteiger partial charge < -0.3 is 4.74 Å². The highest BCUT2D eigenvalue weighted by Crippen LogP contribution is 2.70. The van der Waals surface area contributed by atoms with Crippen molar-refractivity contribution in [2.24, 2.45) is 52.3 Å². The van der Waals surface area contributed by atoms with Crippen molar-refractivity contribution in [1.29, 1.82) is 0 Å². The Morgan fingerprint density at radius 3 is 2.08 bits per heavy atom. The molecule has 12 atom stereocenters. The average molecular weight is 727 g/mol. The lowest BCUT2D eigenvalue weighted by molar-refractivity contribution is -0.127. The number of hydrogen-bond donors (Lipinski definition) is 0. The van der Waals surface area contributed by atoms with Gasteiger partial charge in [-0.25, -0.2) is 0 Å². The molecular weight excluding hydrogens is 669 g/mol. The van der Waals surface area contributed by atoms with Crippen LogP contribution in [-0.4, -0.2) is 41.8 Å². The van der Waals surface area contributed by atoms with Crippen LogP contribution in [0.2, 0.25) is 0 Å². The van der Waals surface area contributed by atoms with E-state index in [1.54, 1.807) is 36.4 Å². The van der Waals surface area contributed by atoms with E-state index >= 15 is 0 Å². The number of aryl methyl sites for hydroxylation is 2. The third kappa shape index (κ3) is 6.65. The fourth-order valence-corrected chi connectivity index (χ4v) is 13.9. The summed E-state index contributed by atoms with van der Waals surface area (Å²) in [6, 6.07) is 13.8. The standard InChI is InChI=1S/C41H58O7S2/c1-26-7-13-32(14-8-26)49(42,43)46-25-28(3)11-18-37-29(4)39-38(47-37)24-36-34-17-12-30-23-31(48-50(44,45)33-15-9-27(2)10-16-33)19-21-40(30,5)35(34)20-22-41(36,39)6/h7-10,13-16,28-31,34-39H,11-12,17-25H2,1-6H3. The third-order valence-electron chi connectivity index (χ3n) is 14.5. The highest BCUT2D eigenvalue weighted by molar-refractivity contribution is 7.87. The maximum atomic E-state index is 13.1. The van der Waals surface area contributed by atoms with Crippen LogP contribution in [0.5, 0.6) is 0 Å². The summed E-state index contributed by atoms with van der Waals surface area (Å²) in [7, 11) is -7.53. The summed E-state index contributed by atoms with van der Waals surface area (Å²) in [4.78, 5) is 0.465. The Hall–Kier alpha value is -1.78. The molecule has 12 unspecified atom stereocenters. The molecular formula is C41H58O7S2. The summed E-state index contributed by atoms with van der Waals surface area (Å²) in [6.45, 7) is 13.6. The number of benzene rings is 2. The van der Waals surface area contributed by atoms with Gasteiger partial charge in [0.25, 0.3) is 20.2 Å². The molecule has 0 radical (unpaired) electrons. The monoisotopic (exact) mass is 726 g/mol. The maximum Gasteiger partial charge on any atom is 0.297 e. The first-order valence-corrected chi connectivity index (χ1v) is 22.0. The molecule has 1 aliphatic heterocycles. The van der Waals surface area contributed by atoms with Crippen molar-refractivity contribution < 1.29 is 29.9 Å². The Kier molecular flexibility index (Phi) is 9.93. The molecule has 2 aromatic rings. The number of hydrogen-bond acceptors (Lipinski definition) is 7. The minimum Gasteiger partial charge on any atom is -0.374 e. The minimum atomic E-state index is -3.77. The molecule has 0 bridgehead atoms. The van der Waals surface area contributed by atoms with Gasteiger partial charge in [-0.05, 0) is 155 Å². The minimum absolute atomic E-state index is 0.115. The number of ether oxygens (including phenoxy) is 1. The van der Waals surface area contributed by atoms with Gasteiger partial charge in [0.2, 0.25) is 0 Å². The van der Waals surface area contributed by atoms with Gasteiger partial charge in [-0.3, -0.25) is 8.37 Å². The normalized spacial score (nSPS) is 38.9. The maximum absolute atomic E-state index is 13.1. The van der Waals surface area contributed by atoms with Gasteiger partial charge in [0.1, 0.15) is 0 Å². The van der Waals surface area contributed by atoms with E-state index in [0.717, 1.165) is 56.1 Å². The van der Waals surface area contributed by atoms with Gasteiger partial charge in [0, 0.05) is 0 Å². The van der Waals surface area contributed by atoms with Gasteiger partial charge in [0.05, 0.1) is 34.7 Å². The molecule has 276 valence electrons. The zero-order valence-corrected chi connectivity index (χ0v) is 32.5. The van der Waals surface area contributed by atoms with E-state index in [0.29, 0.717) is 41.6 Å². The molecule has 4 aliphatic carbocycles. The molecule has 1 heterocycles. The fourth-order valence-electron chi connectivity index (χ4n) is 11.8. The van der Waals surface area contributed by atoms with E-state index in [2.05, 4.69) is 27.7 Å². The highest BCUT2D eigenvalue weighted by Gasteiger charge is 2.65. The molecule has 4 saturated carbocycles. The number of fused-ring (bicyclic) bond motifs is 7. The summed E-state index contributed by atoms with van der Waals surface area (Å²) < 4.78 is 69.9. The molecule has 9 heteroatoms. The van der Waals surface area contributed by atoms with Gasteiger partial charge in [-0.2, -0.15) is 16.8 Å². The van der Waals surface area contributed by atoms with E-state index in [9.17, 15) is 16.8 Å². The van der Waals surface area contributed by atoms with Crippen molar-refractivity contribution in [3.63, 3.8) is 0 Å². The van der Waals surface area contributed by atoms with Crippen molar-refractivity contribution in [2.45, 2.75) is 134 Å². The second kappa shape index (κ2) is 13.6. The van der Waals surface area contributed by atoms with Crippen molar-refractivity contribution in [3.05, 3.63) is 59.7 Å². The molecule has 50 heavy (non-hydrogen) atoms. The second-order valence-corrected chi connectivity index (χ2v) is 20.7. The molecule has 2 aromatic carbocycles. The lowest BCUT2D eigenvalue weighted by atomic mass is 9.44. The van der Waals surface area contributed by atoms with Crippen LogP contribution in [-0.2, 0) is 33.3 Å². The lowest BCUT2D eigenvalue weighted by Gasteiger charge is -2.61. The van der Waals surface area contributed by atoms with Crippen LogP contribution in [0.4, 0.5) is 0 Å². The summed E-state index contributed by atoms with van der Waals surface area (Å²) in [5, 5.41) is 0. The van der Waals surface area contributed by atoms with Crippen LogP contribution in [0, 0.1) is 66.1 Å². The summed E-state index contributed by atoms with van der Waals surface area (Å²) >= 11 is 0. The SMILES string of the molecule is Cc1ccc(S(=O)(=O)OCC(C)CCC2OC3CC4C5CCC6CC(OS(=O)(=O)c7ccc(C)cc7)CCC6(C)C5CCC4(C)C3C2C)cc1. The van der Waals surface area contributed by atoms with Crippen molar-refractivity contribution >= 4 is 20.2 Å². The molecule has 0 amide bonds. The van der Waals surface area contributed by atoms with Crippen LogP contribution >= 0.6 is 0 Å². The Morgan fingerprint density at radius 2 is 1.42 bits per heavy atom. The molecule has 7 nitrogen and oxygen atoms in total. The third-order valence-corrected chi connectivity index (χ3v) is 17.2. The Bertz CT molecular complexity index is 1740. The molecule has 7 rings (SSSR count). The first-order chi connectivity index (χ1) is 23.6. The zero-order chi connectivity index (χ0) is 35.6. The van der Waals surface area contributed by atoms with Crippen LogP contribution in [0.25, 0.3) is 0 Å². The number of rotatable bonds is 10. The van der Waals surface area contributed by atoms with E-state index in [4.69, 9.17) is 13.1 Å². The molecule has 0 aromatic heterocycles. The van der Waals surface area contributed by atoms with Crippen LogP contribution in [0.15, 0.2) is 58.3 Å². The topological polar surface area (TPSA) is 96.0 Å². The zero-order valence-electron chi connectivity index (χ0n) is 30.8.